The summed E-state index contributed by atoms with van der Waals surface area (Å²) >= 11 is 0. The summed E-state index contributed by atoms with van der Waals surface area (Å²) in [6.45, 7) is 0. The first-order chi connectivity index (χ1) is 8.70. The summed E-state index contributed by atoms with van der Waals surface area (Å²) in [4.78, 5) is 3.79. The van der Waals surface area contributed by atoms with Crippen LogP contribution in [-0.4, -0.2) is 14.6 Å². The van der Waals surface area contributed by atoms with Crippen LogP contribution in [0.4, 0.5) is 10.3 Å². The van der Waals surface area contributed by atoms with Crippen LogP contribution in [0.15, 0.2) is 12.3 Å². The summed E-state index contributed by atoms with van der Waals surface area (Å²) in [6.07, 6.45) is 4.10. The first kappa shape index (κ1) is 11.0. The Labute approximate surface area is 103 Å². The van der Waals surface area contributed by atoms with Gasteiger partial charge in [-0.2, -0.15) is 5.26 Å². The molecule has 2 aromatic heterocycles. The SMILES string of the molecule is N#CC1CCCC1c1cc(F)c2cnc(N)nn12. The van der Waals surface area contributed by atoms with Crippen molar-refractivity contribution < 1.29 is 4.39 Å². The molecule has 18 heavy (non-hydrogen) atoms. The third-order valence-electron chi connectivity index (χ3n) is 3.58. The number of rotatable bonds is 1. The lowest BCUT2D eigenvalue weighted by Gasteiger charge is -2.12. The highest BCUT2D eigenvalue weighted by Gasteiger charge is 2.31. The normalized spacial score (nSPS) is 23.3. The van der Waals surface area contributed by atoms with Crippen molar-refractivity contribution in [3.8, 4) is 6.07 Å². The molecule has 2 unspecified atom stereocenters. The predicted octanol–water partition coefficient (Wildman–Crippen LogP) is 1.86. The number of nitrogen functional groups attached to an aromatic ring is 1. The number of nitrogens with two attached hydrogens (primary N) is 1. The largest absolute Gasteiger partial charge is 0.367 e. The van der Waals surface area contributed by atoms with Crippen molar-refractivity contribution >= 4 is 11.5 Å². The van der Waals surface area contributed by atoms with Crippen molar-refractivity contribution in [3.05, 3.63) is 23.8 Å². The molecule has 2 atom stereocenters. The maximum absolute atomic E-state index is 13.8. The fourth-order valence-corrected chi connectivity index (χ4v) is 2.72. The Morgan fingerprint density at radius 1 is 1.50 bits per heavy atom. The van der Waals surface area contributed by atoms with Gasteiger partial charge in [0, 0.05) is 5.92 Å². The molecule has 92 valence electrons. The van der Waals surface area contributed by atoms with Crippen LogP contribution < -0.4 is 5.73 Å². The van der Waals surface area contributed by atoms with Crippen molar-refractivity contribution in [2.24, 2.45) is 5.92 Å². The second-order valence-electron chi connectivity index (χ2n) is 4.60. The average Bonchev–Trinajstić information content (AvgIpc) is 2.93. The number of hydrogen-bond donors (Lipinski definition) is 1. The van der Waals surface area contributed by atoms with Crippen LogP contribution in [0.2, 0.25) is 0 Å². The van der Waals surface area contributed by atoms with E-state index in [0.29, 0.717) is 5.52 Å². The van der Waals surface area contributed by atoms with Crippen LogP contribution in [0, 0.1) is 23.1 Å². The van der Waals surface area contributed by atoms with E-state index in [1.807, 2.05) is 0 Å². The van der Waals surface area contributed by atoms with E-state index in [1.165, 1.54) is 16.8 Å². The maximum Gasteiger partial charge on any atom is 0.238 e. The average molecular weight is 245 g/mol. The zero-order valence-electron chi connectivity index (χ0n) is 9.67. The van der Waals surface area contributed by atoms with Gasteiger partial charge in [-0.3, -0.25) is 0 Å². The topological polar surface area (TPSA) is 80.0 Å². The zero-order chi connectivity index (χ0) is 12.7. The van der Waals surface area contributed by atoms with Gasteiger partial charge in [0.15, 0.2) is 5.82 Å². The summed E-state index contributed by atoms with van der Waals surface area (Å²) in [5.74, 6) is -0.306. The van der Waals surface area contributed by atoms with Crippen molar-refractivity contribution in [1.29, 1.82) is 5.26 Å². The van der Waals surface area contributed by atoms with Crippen LogP contribution in [0.1, 0.15) is 30.9 Å². The predicted molar refractivity (Wildman–Crippen MR) is 63.1 cm³/mol. The molecule has 2 aromatic rings. The van der Waals surface area contributed by atoms with Crippen LogP contribution in [0.25, 0.3) is 5.52 Å². The molecule has 0 radical (unpaired) electrons. The van der Waals surface area contributed by atoms with Gasteiger partial charge in [-0.15, -0.1) is 5.10 Å². The van der Waals surface area contributed by atoms with E-state index in [0.717, 1.165) is 25.0 Å². The van der Waals surface area contributed by atoms with E-state index in [-0.39, 0.29) is 23.6 Å². The highest BCUT2D eigenvalue weighted by atomic mass is 19.1. The Balaban J connectivity index is 2.17. The van der Waals surface area contributed by atoms with Crippen molar-refractivity contribution in [2.75, 3.05) is 5.73 Å². The Bertz CT molecular complexity index is 642. The Hall–Kier alpha value is -2.16. The Kier molecular flexibility index (Phi) is 2.40. The summed E-state index contributed by atoms with van der Waals surface area (Å²) in [6, 6.07) is 3.74. The van der Waals surface area contributed by atoms with Crippen LogP contribution in [-0.2, 0) is 0 Å². The summed E-state index contributed by atoms with van der Waals surface area (Å²) in [5, 5.41) is 13.2. The van der Waals surface area contributed by atoms with Crippen LogP contribution in [0.5, 0.6) is 0 Å². The first-order valence-electron chi connectivity index (χ1n) is 5.90. The molecule has 6 heteroatoms. The van der Waals surface area contributed by atoms with Gasteiger partial charge in [0.2, 0.25) is 5.95 Å². The van der Waals surface area contributed by atoms with Crippen molar-refractivity contribution in [1.82, 2.24) is 14.6 Å². The highest BCUT2D eigenvalue weighted by molar-refractivity contribution is 5.50. The van der Waals surface area contributed by atoms with Gasteiger partial charge in [-0.25, -0.2) is 13.9 Å². The van der Waals surface area contributed by atoms with Gasteiger partial charge in [0.05, 0.1) is 23.9 Å². The molecule has 0 aliphatic heterocycles. The smallest absolute Gasteiger partial charge is 0.238 e. The number of nitriles is 1. The summed E-state index contributed by atoms with van der Waals surface area (Å²) in [5.41, 5.74) is 6.57. The molecule has 1 fully saturated rings. The molecular formula is C12H12FN5. The van der Waals surface area contributed by atoms with E-state index >= 15 is 0 Å². The second-order valence-corrected chi connectivity index (χ2v) is 4.60. The minimum atomic E-state index is -0.367. The number of hydrogen-bond acceptors (Lipinski definition) is 4. The molecule has 0 aromatic carbocycles. The summed E-state index contributed by atoms with van der Waals surface area (Å²) in [7, 11) is 0. The minimum absolute atomic E-state index is 0.0290. The standard InChI is InChI=1S/C12H12FN5/c13-9-4-10(8-3-1-2-7(8)5-14)18-11(9)6-16-12(15)17-18/h4,6-8H,1-3H2,(H2,15,17). The molecule has 3 rings (SSSR count). The van der Waals surface area contributed by atoms with Gasteiger partial charge in [-0.05, 0) is 18.9 Å². The lowest BCUT2D eigenvalue weighted by Crippen LogP contribution is -2.10. The molecule has 5 nitrogen and oxygen atoms in total. The molecule has 0 spiro atoms. The molecule has 1 aliphatic carbocycles. The van der Waals surface area contributed by atoms with E-state index < -0.39 is 0 Å². The Morgan fingerprint density at radius 3 is 3.11 bits per heavy atom. The number of nitrogens with zero attached hydrogens (tertiary/aromatic N) is 4. The number of aromatic nitrogens is 3. The zero-order valence-corrected chi connectivity index (χ0v) is 9.67. The van der Waals surface area contributed by atoms with E-state index in [9.17, 15) is 4.39 Å². The minimum Gasteiger partial charge on any atom is -0.367 e. The molecule has 0 amide bonds. The lowest BCUT2D eigenvalue weighted by atomic mass is 9.94. The summed E-state index contributed by atoms with van der Waals surface area (Å²) < 4.78 is 15.3. The van der Waals surface area contributed by atoms with Crippen LogP contribution >= 0.6 is 0 Å². The molecule has 0 bridgehead atoms. The van der Waals surface area contributed by atoms with Gasteiger partial charge in [0.25, 0.3) is 0 Å². The van der Waals surface area contributed by atoms with Gasteiger partial charge in [0.1, 0.15) is 5.52 Å². The van der Waals surface area contributed by atoms with Gasteiger partial charge in [-0.1, -0.05) is 6.42 Å². The van der Waals surface area contributed by atoms with E-state index in [4.69, 9.17) is 11.0 Å². The second kappa shape index (κ2) is 3.95. The quantitative estimate of drug-likeness (QED) is 0.831. The van der Waals surface area contributed by atoms with E-state index in [1.54, 1.807) is 0 Å². The number of fused-ring (bicyclic) bond motifs is 1. The maximum atomic E-state index is 13.8. The van der Waals surface area contributed by atoms with Crippen molar-refractivity contribution in [2.45, 2.75) is 25.2 Å². The van der Waals surface area contributed by atoms with Gasteiger partial charge >= 0.3 is 0 Å². The number of anilines is 1. The molecule has 2 N–H and O–H groups in total. The Morgan fingerprint density at radius 2 is 2.33 bits per heavy atom. The molecule has 0 saturated heterocycles. The van der Waals surface area contributed by atoms with Crippen molar-refractivity contribution in [3.63, 3.8) is 0 Å². The highest BCUT2D eigenvalue weighted by Crippen LogP contribution is 2.40. The fourth-order valence-electron chi connectivity index (χ4n) is 2.72. The third kappa shape index (κ3) is 1.51. The molecule has 1 saturated carbocycles. The molecule has 1 aliphatic rings. The lowest BCUT2D eigenvalue weighted by molar-refractivity contribution is 0.573. The molecule has 2 heterocycles. The third-order valence-corrected chi connectivity index (χ3v) is 3.58. The monoisotopic (exact) mass is 245 g/mol. The van der Waals surface area contributed by atoms with Gasteiger partial charge < -0.3 is 5.73 Å². The first-order valence-corrected chi connectivity index (χ1v) is 5.90. The number of halogens is 1. The molecular weight excluding hydrogens is 233 g/mol. The van der Waals surface area contributed by atoms with E-state index in [2.05, 4.69) is 16.2 Å². The van der Waals surface area contributed by atoms with Crippen LogP contribution in [0.3, 0.4) is 0 Å². The fraction of sp³-hybridized carbons (Fsp3) is 0.417.